The van der Waals surface area contributed by atoms with Crippen LogP contribution < -0.4 is 0 Å². The third-order valence-electron chi connectivity index (χ3n) is 2.97. The minimum atomic E-state index is -0.795. The Labute approximate surface area is 109 Å². The Morgan fingerprint density at radius 3 is 2.56 bits per heavy atom. The van der Waals surface area contributed by atoms with E-state index in [0.717, 1.165) is 0 Å². The van der Waals surface area contributed by atoms with E-state index < -0.39 is 17.1 Å². The summed E-state index contributed by atoms with van der Waals surface area (Å²) in [6.07, 6.45) is -1.59. The van der Waals surface area contributed by atoms with E-state index in [9.17, 15) is 20.3 Å². The zero-order chi connectivity index (χ0) is 13.3. The maximum atomic E-state index is 10.9. The first kappa shape index (κ1) is 13.2. The summed E-state index contributed by atoms with van der Waals surface area (Å²) in [5.41, 5.74) is 0.476. The van der Waals surface area contributed by atoms with E-state index in [-0.39, 0.29) is 5.69 Å². The third kappa shape index (κ3) is 2.78. The number of benzene rings is 1. The molecule has 1 aliphatic rings. The molecule has 0 aromatic heterocycles. The van der Waals surface area contributed by atoms with Crippen LogP contribution in [0.2, 0.25) is 5.02 Å². The van der Waals surface area contributed by atoms with Crippen molar-refractivity contribution in [2.45, 2.75) is 18.8 Å². The minimum absolute atomic E-state index is 0.0432. The van der Waals surface area contributed by atoms with Gasteiger partial charge in [-0.25, -0.2) is 0 Å². The number of likely N-dealkylation sites (tertiary alicyclic amines) is 1. The van der Waals surface area contributed by atoms with Crippen LogP contribution in [0.4, 0.5) is 5.69 Å². The summed E-state index contributed by atoms with van der Waals surface area (Å²) in [4.78, 5) is 12.2. The number of hydrogen-bond acceptors (Lipinski definition) is 5. The predicted octanol–water partition coefficient (Wildman–Crippen LogP) is 0.786. The summed E-state index contributed by atoms with van der Waals surface area (Å²) < 4.78 is 0. The highest BCUT2D eigenvalue weighted by Crippen LogP contribution is 2.25. The van der Waals surface area contributed by atoms with E-state index in [2.05, 4.69) is 0 Å². The summed E-state index contributed by atoms with van der Waals surface area (Å²) in [6, 6.07) is 4.49. The Bertz CT molecular complexity index is 458. The van der Waals surface area contributed by atoms with E-state index in [1.165, 1.54) is 6.07 Å². The molecule has 98 valence electrons. The van der Waals surface area contributed by atoms with E-state index in [0.29, 0.717) is 30.2 Å². The largest absolute Gasteiger partial charge is 0.389 e. The Kier molecular flexibility index (Phi) is 3.82. The van der Waals surface area contributed by atoms with Gasteiger partial charge in [0.2, 0.25) is 0 Å². The molecule has 1 aromatic carbocycles. The topological polar surface area (TPSA) is 86.8 Å². The molecule has 2 N–H and O–H groups in total. The molecular weight excluding hydrogens is 260 g/mol. The summed E-state index contributed by atoms with van der Waals surface area (Å²) in [7, 11) is 0. The van der Waals surface area contributed by atoms with Crippen molar-refractivity contribution in [3.63, 3.8) is 0 Å². The Morgan fingerprint density at radius 2 is 2.00 bits per heavy atom. The second-order valence-electron chi connectivity index (χ2n) is 4.36. The summed E-state index contributed by atoms with van der Waals surface area (Å²) >= 11 is 5.73. The first-order valence-corrected chi connectivity index (χ1v) is 5.86. The molecular formula is C11H13ClN2O4. The average Bonchev–Trinajstić information content (AvgIpc) is 2.60. The van der Waals surface area contributed by atoms with Gasteiger partial charge in [-0.2, -0.15) is 0 Å². The zero-order valence-corrected chi connectivity index (χ0v) is 10.2. The fourth-order valence-corrected chi connectivity index (χ4v) is 2.22. The van der Waals surface area contributed by atoms with Crippen molar-refractivity contribution in [3.8, 4) is 0 Å². The number of nitrogens with zero attached hydrogens (tertiary/aromatic N) is 2. The first-order valence-electron chi connectivity index (χ1n) is 5.48. The molecule has 6 nitrogen and oxygen atoms in total. The van der Waals surface area contributed by atoms with Crippen molar-refractivity contribution in [2.24, 2.45) is 0 Å². The molecule has 0 saturated carbocycles. The van der Waals surface area contributed by atoms with Gasteiger partial charge in [-0.05, 0) is 12.1 Å². The van der Waals surface area contributed by atoms with E-state index >= 15 is 0 Å². The lowest BCUT2D eigenvalue weighted by Gasteiger charge is -2.14. The molecule has 1 heterocycles. The number of nitro groups is 1. The van der Waals surface area contributed by atoms with E-state index in [1.54, 1.807) is 17.0 Å². The molecule has 1 aliphatic heterocycles. The molecule has 0 spiro atoms. The average molecular weight is 273 g/mol. The maximum absolute atomic E-state index is 10.9. The summed E-state index contributed by atoms with van der Waals surface area (Å²) in [5, 5.41) is 30.1. The van der Waals surface area contributed by atoms with Gasteiger partial charge in [-0.3, -0.25) is 15.0 Å². The van der Waals surface area contributed by atoms with Crippen LogP contribution >= 0.6 is 11.6 Å². The number of aliphatic hydroxyl groups excluding tert-OH is 2. The molecule has 0 amide bonds. The van der Waals surface area contributed by atoms with Crippen LogP contribution in [0.15, 0.2) is 18.2 Å². The van der Waals surface area contributed by atoms with Crippen molar-refractivity contribution in [2.75, 3.05) is 13.1 Å². The first-order chi connectivity index (χ1) is 8.47. The zero-order valence-electron chi connectivity index (χ0n) is 9.49. The molecule has 18 heavy (non-hydrogen) atoms. The number of rotatable bonds is 3. The van der Waals surface area contributed by atoms with Crippen LogP contribution in [-0.2, 0) is 6.54 Å². The van der Waals surface area contributed by atoms with Crippen molar-refractivity contribution >= 4 is 17.3 Å². The van der Waals surface area contributed by atoms with Gasteiger partial charge < -0.3 is 10.2 Å². The molecule has 2 unspecified atom stereocenters. The van der Waals surface area contributed by atoms with E-state index in [1.807, 2.05) is 0 Å². The van der Waals surface area contributed by atoms with Gasteiger partial charge >= 0.3 is 0 Å². The highest BCUT2D eigenvalue weighted by Gasteiger charge is 2.30. The number of hydrogen-bond donors (Lipinski definition) is 2. The molecule has 0 radical (unpaired) electrons. The number of halogens is 1. The minimum Gasteiger partial charge on any atom is -0.389 e. The fraction of sp³-hybridized carbons (Fsp3) is 0.455. The van der Waals surface area contributed by atoms with Crippen molar-refractivity contribution in [1.82, 2.24) is 4.90 Å². The lowest BCUT2D eigenvalue weighted by Crippen LogP contribution is -2.22. The third-order valence-corrected chi connectivity index (χ3v) is 3.21. The van der Waals surface area contributed by atoms with Gasteiger partial charge in [0.1, 0.15) is 0 Å². The van der Waals surface area contributed by atoms with Crippen LogP contribution in [0.1, 0.15) is 5.56 Å². The van der Waals surface area contributed by atoms with Crippen molar-refractivity contribution in [1.29, 1.82) is 0 Å². The lowest BCUT2D eigenvalue weighted by molar-refractivity contribution is -0.385. The number of nitro benzene ring substituents is 1. The molecule has 1 saturated heterocycles. The molecule has 0 bridgehead atoms. The second-order valence-corrected chi connectivity index (χ2v) is 4.80. The van der Waals surface area contributed by atoms with Crippen LogP contribution in [0.25, 0.3) is 0 Å². The highest BCUT2D eigenvalue weighted by atomic mass is 35.5. The van der Waals surface area contributed by atoms with Crippen molar-refractivity contribution < 1.29 is 15.1 Å². The second kappa shape index (κ2) is 5.19. The van der Waals surface area contributed by atoms with Gasteiger partial charge in [-0.1, -0.05) is 11.6 Å². The van der Waals surface area contributed by atoms with Gasteiger partial charge in [-0.15, -0.1) is 0 Å². The predicted molar refractivity (Wildman–Crippen MR) is 65.4 cm³/mol. The van der Waals surface area contributed by atoms with Crippen LogP contribution in [0, 0.1) is 10.1 Å². The van der Waals surface area contributed by atoms with E-state index in [4.69, 9.17) is 11.6 Å². The summed E-state index contributed by atoms with van der Waals surface area (Å²) in [5.74, 6) is 0. The molecule has 0 aliphatic carbocycles. The molecule has 2 atom stereocenters. The Balaban J connectivity index is 2.17. The van der Waals surface area contributed by atoms with Crippen molar-refractivity contribution in [3.05, 3.63) is 38.9 Å². The van der Waals surface area contributed by atoms with Gasteiger partial charge in [0, 0.05) is 36.3 Å². The Morgan fingerprint density at radius 1 is 1.39 bits per heavy atom. The molecule has 1 aromatic rings. The normalized spacial score (nSPS) is 24.4. The highest BCUT2D eigenvalue weighted by molar-refractivity contribution is 6.30. The Hall–Kier alpha value is -1.21. The SMILES string of the molecule is O=[N+]([O-])c1cc(Cl)ccc1CN1CC(O)C(O)C1. The van der Waals surface area contributed by atoms with Gasteiger partial charge in [0.25, 0.3) is 5.69 Å². The number of aliphatic hydroxyl groups is 2. The van der Waals surface area contributed by atoms with Crippen LogP contribution in [-0.4, -0.2) is 45.3 Å². The monoisotopic (exact) mass is 272 g/mol. The van der Waals surface area contributed by atoms with Gasteiger partial charge in [0.05, 0.1) is 17.1 Å². The molecule has 2 rings (SSSR count). The fourth-order valence-electron chi connectivity index (χ4n) is 2.06. The van der Waals surface area contributed by atoms with Crippen LogP contribution in [0.5, 0.6) is 0 Å². The quantitative estimate of drug-likeness (QED) is 0.627. The molecule has 7 heteroatoms. The smallest absolute Gasteiger partial charge is 0.275 e. The standard InChI is InChI=1S/C11H13ClN2O4/c12-8-2-1-7(9(3-8)14(17)18)4-13-5-10(15)11(16)6-13/h1-3,10-11,15-16H,4-6H2. The maximum Gasteiger partial charge on any atom is 0.275 e. The number of β-amino-alcohol motifs (C(OH)–C–C–N with tert-alkyl or cyclic N) is 2. The lowest BCUT2D eigenvalue weighted by atomic mass is 10.1. The van der Waals surface area contributed by atoms with Gasteiger partial charge in [0.15, 0.2) is 0 Å². The molecule has 1 fully saturated rings. The summed E-state index contributed by atoms with van der Waals surface area (Å²) in [6.45, 7) is 0.920. The van der Waals surface area contributed by atoms with Crippen LogP contribution in [0.3, 0.4) is 0 Å².